The van der Waals surface area contributed by atoms with Crippen LogP contribution in [0.15, 0.2) is 53.8 Å². The van der Waals surface area contributed by atoms with Gasteiger partial charge in [-0.3, -0.25) is 9.78 Å². The Morgan fingerprint density at radius 3 is 2.61 bits per heavy atom. The van der Waals surface area contributed by atoms with Crippen molar-refractivity contribution >= 4 is 46.6 Å². The molecule has 0 N–H and O–H groups in total. The Kier molecular flexibility index (Phi) is 7.18. The van der Waals surface area contributed by atoms with E-state index in [2.05, 4.69) is 10.1 Å². The molecule has 11 heteroatoms. The Labute approximate surface area is 191 Å². The smallest absolute Gasteiger partial charge is 0.308 e. The van der Waals surface area contributed by atoms with Crippen molar-refractivity contribution in [2.75, 3.05) is 11.4 Å². The van der Waals surface area contributed by atoms with Crippen LogP contribution in [0.2, 0.25) is 10.2 Å². The summed E-state index contributed by atoms with van der Waals surface area (Å²) in [5.41, 5.74) is 0.257. The van der Waals surface area contributed by atoms with Gasteiger partial charge in [0.05, 0.1) is 33.9 Å². The number of carbonyl (C=O) groups is 1. The van der Waals surface area contributed by atoms with Gasteiger partial charge in [0.1, 0.15) is 5.69 Å². The number of anilines is 1. The highest BCUT2D eigenvalue weighted by Crippen LogP contribution is 2.37. The molecule has 0 aliphatic rings. The van der Waals surface area contributed by atoms with Crippen LogP contribution in [0.1, 0.15) is 19.4 Å². The number of benzene rings is 1. The molecule has 3 aromatic rings. The van der Waals surface area contributed by atoms with Crippen LogP contribution < -0.4 is 4.90 Å². The molecule has 164 valence electrons. The highest BCUT2D eigenvalue weighted by Gasteiger charge is 2.31. The number of pyridine rings is 1. The number of nitrogens with zero attached hydrogens (tertiary/aromatic N) is 4. The monoisotopic (exact) mass is 488 g/mol. The lowest BCUT2D eigenvalue weighted by molar-refractivity contribution is -0.137. The van der Waals surface area contributed by atoms with E-state index in [1.165, 1.54) is 15.6 Å². The third-order valence-electron chi connectivity index (χ3n) is 4.35. The van der Waals surface area contributed by atoms with Crippen LogP contribution in [0.4, 0.5) is 18.9 Å². The molecule has 1 aromatic carbocycles. The van der Waals surface area contributed by atoms with Crippen LogP contribution in [-0.4, -0.2) is 32.5 Å². The number of alkyl halides is 3. The molecule has 3 rings (SSSR count). The zero-order valence-corrected chi connectivity index (χ0v) is 18.7. The van der Waals surface area contributed by atoms with Gasteiger partial charge in [0.25, 0.3) is 0 Å². The van der Waals surface area contributed by atoms with Crippen LogP contribution in [-0.2, 0) is 11.0 Å². The number of hydrogen-bond acceptors (Lipinski definition) is 4. The van der Waals surface area contributed by atoms with E-state index < -0.39 is 17.0 Å². The summed E-state index contributed by atoms with van der Waals surface area (Å²) in [5.74, 6) is -0.281. The van der Waals surface area contributed by atoms with Gasteiger partial charge in [-0.15, -0.1) is 11.8 Å². The molecular weight excluding hydrogens is 472 g/mol. The molecule has 0 saturated carbocycles. The predicted molar refractivity (Wildman–Crippen MR) is 116 cm³/mol. The lowest BCUT2D eigenvalue weighted by Gasteiger charge is -2.23. The fraction of sp³-hybridized carbons (Fsp3) is 0.250. The molecule has 1 atom stereocenters. The second kappa shape index (κ2) is 9.50. The summed E-state index contributed by atoms with van der Waals surface area (Å²) in [6, 6.07) is 6.61. The fourth-order valence-electron chi connectivity index (χ4n) is 2.82. The van der Waals surface area contributed by atoms with Gasteiger partial charge in [0.15, 0.2) is 5.15 Å². The van der Waals surface area contributed by atoms with Gasteiger partial charge in [0, 0.05) is 17.6 Å². The molecule has 5 nitrogen and oxygen atoms in total. The number of thioether (sulfide) groups is 1. The van der Waals surface area contributed by atoms with Gasteiger partial charge in [-0.05, 0) is 44.2 Å². The molecule has 2 heterocycles. The number of hydrogen-bond donors (Lipinski definition) is 0. The average Bonchev–Trinajstić information content (AvgIpc) is 3.11. The topological polar surface area (TPSA) is 51.0 Å². The van der Waals surface area contributed by atoms with E-state index in [0.29, 0.717) is 22.8 Å². The molecular formula is C20H17Cl2F3N4OS. The molecule has 31 heavy (non-hydrogen) atoms. The highest BCUT2D eigenvalue weighted by molar-refractivity contribution is 8.00. The van der Waals surface area contributed by atoms with Crippen molar-refractivity contribution in [3.63, 3.8) is 0 Å². The van der Waals surface area contributed by atoms with E-state index in [1.54, 1.807) is 44.6 Å². The zero-order valence-electron chi connectivity index (χ0n) is 16.4. The second-order valence-electron chi connectivity index (χ2n) is 6.45. The minimum Gasteiger partial charge on any atom is -0.308 e. The minimum absolute atomic E-state index is 0.0649. The summed E-state index contributed by atoms with van der Waals surface area (Å²) in [6.45, 7) is 3.77. The minimum atomic E-state index is -4.49. The quantitative estimate of drug-likeness (QED) is 0.391. The summed E-state index contributed by atoms with van der Waals surface area (Å²) in [4.78, 5) is 19.0. The molecule has 1 amide bonds. The maximum absolute atomic E-state index is 13.1. The molecule has 0 fully saturated rings. The number of halogens is 5. The summed E-state index contributed by atoms with van der Waals surface area (Å²) in [5, 5.41) is 3.68. The number of amides is 1. The third-order valence-corrected chi connectivity index (χ3v) is 6.20. The average molecular weight is 489 g/mol. The summed E-state index contributed by atoms with van der Waals surface area (Å²) >= 11 is 13.4. The first kappa shape index (κ1) is 23.4. The van der Waals surface area contributed by atoms with E-state index in [9.17, 15) is 18.0 Å². The molecule has 1 unspecified atom stereocenters. The second-order valence-corrected chi connectivity index (χ2v) is 8.59. The van der Waals surface area contributed by atoms with E-state index in [0.717, 1.165) is 23.9 Å². The van der Waals surface area contributed by atoms with Crippen molar-refractivity contribution in [3.05, 3.63) is 64.7 Å². The largest absolute Gasteiger partial charge is 0.416 e. The van der Waals surface area contributed by atoms with Gasteiger partial charge in [-0.2, -0.15) is 18.3 Å². The first-order valence-corrected chi connectivity index (χ1v) is 10.8. The van der Waals surface area contributed by atoms with E-state index in [-0.39, 0.29) is 16.1 Å². The first-order valence-electron chi connectivity index (χ1n) is 9.12. The maximum atomic E-state index is 13.1. The van der Waals surface area contributed by atoms with Gasteiger partial charge < -0.3 is 4.90 Å². The van der Waals surface area contributed by atoms with Crippen LogP contribution in [0.5, 0.6) is 0 Å². The maximum Gasteiger partial charge on any atom is 0.416 e. The van der Waals surface area contributed by atoms with Crippen molar-refractivity contribution < 1.29 is 18.0 Å². The van der Waals surface area contributed by atoms with Crippen LogP contribution in [0.3, 0.4) is 0 Å². The Morgan fingerprint density at radius 1 is 1.29 bits per heavy atom. The van der Waals surface area contributed by atoms with Gasteiger partial charge in [0.2, 0.25) is 5.91 Å². The summed E-state index contributed by atoms with van der Waals surface area (Å²) in [6.07, 6.45) is 0.376. The molecule has 0 spiro atoms. The van der Waals surface area contributed by atoms with Crippen molar-refractivity contribution in [3.8, 4) is 5.69 Å². The third kappa shape index (κ3) is 5.34. The van der Waals surface area contributed by atoms with Crippen LogP contribution in [0, 0.1) is 0 Å². The summed E-state index contributed by atoms with van der Waals surface area (Å²) < 4.78 is 40.0. The summed E-state index contributed by atoms with van der Waals surface area (Å²) in [7, 11) is 0. The van der Waals surface area contributed by atoms with E-state index in [1.807, 2.05) is 0 Å². The number of rotatable bonds is 6. The number of aromatic nitrogens is 3. The lowest BCUT2D eigenvalue weighted by Crippen LogP contribution is -2.36. The standard InChI is InChI=1S/C20H17Cl2F3N4OS/c1-3-28(16-11-29(27-18(16)22)14-5-4-8-26-10-14)19(30)12(2)31-17-7-6-13(9-15(17)21)20(23,24)25/h4-12H,3H2,1-2H3. The fourth-order valence-corrected chi connectivity index (χ4v) is 4.30. The molecule has 0 aliphatic heterocycles. The van der Waals surface area contributed by atoms with Gasteiger partial charge >= 0.3 is 6.18 Å². The van der Waals surface area contributed by atoms with Crippen LogP contribution in [0.25, 0.3) is 5.69 Å². The Balaban J connectivity index is 1.80. The number of carbonyl (C=O) groups excluding carboxylic acids is 1. The van der Waals surface area contributed by atoms with Crippen molar-refractivity contribution in [2.45, 2.75) is 30.2 Å². The van der Waals surface area contributed by atoms with Gasteiger partial charge in [-0.25, -0.2) is 4.68 Å². The van der Waals surface area contributed by atoms with E-state index >= 15 is 0 Å². The molecule has 0 bridgehead atoms. The van der Waals surface area contributed by atoms with Crippen molar-refractivity contribution in [2.24, 2.45) is 0 Å². The lowest BCUT2D eigenvalue weighted by atomic mass is 10.2. The van der Waals surface area contributed by atoms with Gasteiger partial charge in [-0.1, -0.05) is 23.2 Å². The highest BCUT2D eigenvalue weighted by atomic mass is 35.5. The Hall–Kier alpha value is -2.23. The molecule has 2 aromatic heterocycles. The van der Waals surface area contributed by atoms with Crippen molar-refractivity contribution in [1.29, 1.82) is 0 Å². The SMILES string of the molecule is CCN(C(=O)C(C)Sc1ccc(C(F)(F)F)cc1Cl)c1cn(-c2cccnc2)nc1Cl. The van der Waals surface area contributed by atoms with Crippen molar-refractivity contribution in [1.82, 2.24) is 14.8 Å². The first-order chi connectivity index (χ1) is 14.6. The normalized spacial score (nSPS) is 12.6. The molecule has 0 radical (unpaired) electrons. The molecule has 0 saturated heterocycles. The Bertz CT molecular complexity index is 1080. The predicted octanol–water partition coefficient (Wildman–Crippen LogP) is 6.13. The molecule has 0 aliphatic carbocycles. The van der Waals surface area contributed by atoms with Crippen LogP contribution >= 0.6 is 35.0 Å². The zero-order chi connectivity index (χ0) is 22.8. The Morgan fingerprint density at radius 2 is 2.03 bits per heavy atom. The van der Waals surface area contributed by atoms with E-state index in [4.69, 9.17) is 23.2 Å².